The Kier molecular flexibility index (Phi) is 3.44. The molecule has 0 bridgehead atoms. The van der Waals surface area contributed by atoms with Gasteiger partial charge in [-0.05, 0) is 22.6 Å². The van der Waals surface area contributed by atoms with Gasteiger partial charge in [-0.2, -0.15) is 4.68 Å². The zero-order valence-electron chi connectivity index (χ0n) is 9.50. The van der Waals surface area contributed by atoms with Crippen LogP contribution in [0.1, 0.15) is 19.2 Å². The maximum Gasteiger partial charge on any atom is 0.220 e. The summed E-state index contributed by atoms with van der Waals surface area (Å²) in [5.74, 6) is 0.589. The van der Waals surface area contributed by atoms with Crippen LogP contribution in [-0.2, 0) is 11.3 Å². The van der Waals surface area contributed by atoms with E-state index in [1.54, 1.807) is 11.6 Å². The van der Waals surface area contributed by atoms with Gasteiger partial charge in [0.2, 0.25) is 5.91 Å². The van der Waals surface area contributed by atoms with Crippen LogP contribution in [-0.4, -0.2) is 26.1 Å². The third-order valence-corrected chi connectivity index (χ3v) is 2.30. The summed E-state index contributed by atoms with van der Waals surface area (Å²) >= 11 is 0. The third-order valence-electron chi connectivity index (χ3n) is 2.30. The van der Waals surface area contributed by atoms with Crippen molar-refractivity contribution in [3.05, 3.63) is 36.2 Å². The molecule has 1 amide bonds. The van der Waals surface area contributed by atoms with Crippen LogP contribution in [0.2, 0.25) is 0 Å². The molecule has 2 rings (SSSR count). The van der Waals surface area contributed by atoms with Crippen molar-refractivity contribution in [2.75, 3.05) is 0 Å². The van der Waals surface area contributed by atoms with Crippen LogP contribution >= 0.6 is 0 Å². The summed E-state index contributed by atoms with van der Waals surface area (Å²) in [4.78, 5) is 11.2. The monoisotopic (exact) mass is 231 g/mol. The van der Waals surface area contributed by atoms with Gasteiger partial charge in [0.1, 0.15) is 0 Å². The number of hydrogen-bond acceptors (Lipinski definition) is 4. The Morgan fingerprint density at radius 1 is 1.35 bits per heavy atom. The lowest BCUT2D eigenvalue weighted by atomic mass is 10.3. The number of benzene rings is 1. The van der Waals surface area contributed by atoms with Gasteiger partial charge in [-0.25, -0.2) is 0 Å². The van der Waals surface area contributed by atoms with Crippen molar-refractivity contribution in [3.8, 4) is 5.69 Å². The Morgan fingerprint density at radius 3 is 2.82 bits per heavy atom. The average molecular weight is 231 g/mol. The fraction of sp³-hybridized carbons (Fsp3) is 0.273. The molecule has 2 aromatic rings. The second-order valence-corrected chi connectivity index (χ2v) is 3.47. The molecule has 88 valence electrons. The topological polar surface area (TPSA) is 72.7 Å². The minimum atomic E-state index is -0.0207. The van der Waals surface area contributed by atoms with Gasteiger partial charge in [0, 0.05) is 6.42 Å². The number of amides is 1. The van der Waals surface area contributed by atoms with Crippen molar-refractivity contribution in [3.63, 3.8) is 0 Å². The number of hydrogen-bond donors (Lipinski definition) is 1. The van der Waals surface area contributed by atoms with E-state index >= 15 is 0 Å². The number of aromatic nitrogens is 4. The highest BCUT2D eigenvalue weighted by atomic mass is 16.1. The summed E-state index contributed by atoms with van der Waals surface area (Å²) < 4.78 is 1.61. The van der Waals surface area contributed by atoms with Gasteiger partial charge in [0.25, 0.3) is 0 Å². The van der Waals surface area contributed by atoms with E-state index in [1.807, 2.05) is 30.3 Å². The molecule has 1 N–H and O–H groups in total. The van der Waals surface area contributed by atoms with Crippen molar-refractivity contribution in [2.45, 2.75) is 19.9 Å². The SMILES string of the molecule is CCC(=O)NCc1nnnn1-c1ccccc1. The van der Waals surface area contributed by atoms with Gasteiger partial charge in [-0.1, -0.05) is 25.1 Å². The van der Waals surface area contributed by atoms with E-state index in [0.717, 1.165) is 5.69 Å². The summed E-state index contributed by atoms with van der Waals surface area (Å²) in [6, 6.07) is 9.55. The summed E-state index contributed by atoms with van der Waals surface area (Å²) in [5, 5.41) is 14.1. The fourth-order valence-corrected chi connectivity index (χ4v) is 1.39. The van der Waals surface area contributed by atoms with E-state index < -0.39 is 0 Å². The predicted molar refractivity (Wildman–Crippen MR) is 61.3 cm³/mol. The van der Waals surface area contributed by atoms with Crippen molar-refractivity contribution < 1.29 is 4.79 Å². The standard InChI is InChI=1S/C11H13N5O/c1-2-11(17)12-8-10-13-14-15-16(10)9-6-4-3-5-7-9/h3-7H,2,8H2,1H3,(H,12,17). The Labute approximate surface area is 98.6 Å². The molecular formula is C11H13N5O. The maximum atomic E-state index is 11.2. The zero-order chi connectivity index (χ0) is 12.1. The van der Waals surface area contributed by atoms with E-state index in [0.29, 0.717) is 18.8 Å². The summed E-state index contributed by atoms with van der Waals surface area (Å²) in [5.41, 5.74) is 0.873. The molecule has 0 unspecified atom stereocenters. The summed E-state index contributed by atoms with van der Waals surface area (Å²) in [6.45, 7) is 2.13. The largest absolute Gasteiger partial charge is 0.349 e. The number of carbonyl (C=O) groups is 1. The molecule has 1 aromatic carbocycles. The summed E-state index contributed by atoms with van der Waals surface area (Å²) in [7, 11) is 0. The Bertz CT molecular complexity index is 494. The number of para-hydroxylation sites is 1. The molecule has 1 aromatic heterocycles. The van der Waals surface area contributed by atoms with Crippen LogP contribution in [0.15, 0.2) is 30.3 Å². The van der Waals surface area contributed by atoms with E-state index in [9.17, 15) is 4.79 Å². The first-order chi connectivity index (χ1) is 8.31. The molecule has 6 heteroatoms. The van der Waals surface area contributed by atoms with E-state index in [-0.39, 0.29) is 5.91 Å². The van der Waals surface area contributed by atoms with Gasteiger partial charge in [0.05, 0.1) is 12.2 Å². The molecule has 0 atom stereocenters. The second-order valence-electron chi connectivity index (χ2n) is 3.47. The lowest BCUT2D eigenvalue weighted by Gasteiger charge is -2.04. The molecule has 6 nitrogen and oxygen atoms in total. The Morgan fingerprint density at radius 2 is 2.12 bits per heavy atom. The van der Waals surface area contributed by atoms with Gasteiger partial charge in [0.15, 0.2) is 5.82 Å². The molecule has 0 aliphatic heterocycles. The lowest BCUT2D eigenvalue weighted by Crippen LogP contribution is -2.23. The van der Waals surface area contributed by atoms with Crippen molar-refractivity contribution in [1.82, 2.24) is 25.5 Å². The number of tetrazole rings is 1. The van der Waals surface area contributed by atoms with Crippen molar-refractivity contribution in [2.24, 2.45) is 0 Å². The molecule has 0 saturated carbocycles. The fourth-order valence-electron chi connectivity index (χ4n) is 1.39. The smallest absolute Gasteiger partial charge is 0.220 e. The van der Waals surface area contributed by atoms with Crippen LogP contribution in [0, 0.1) is 0 Å². The third kappa shape index (κ3) is 2.66. The molecule has 0 radical (unpaired) electrons. The normalized spacial score (nSPS) is 10.2. The Hall–Kier alpha value is -2.24. The quantitative estimate of drug-likeness (QED) is 0.840. The molecular weight excluding hydrogens is 218 g/mol. The molecule has 0 fully saturated rings. The minimum Gasteiger partial charge on any atom is -0.349 e. The van der Waals surface area contributed by atoms with Gasteiger partial charge in [-0.3, -0.25) is 4.79 Å². The van der Waals surface area contributed by atoms with Crippen LogP contribution in [0.3, 0.4) is 0 Å². The molecule has 0 aliphatic rings. The highest BCUT2D eigenvalue weighted by Crippen LogP contribution is 2.06. The van der Waals surface area contributed by atoms with Crippen LogP contribution in [0.4, 0.5) is 0 Å². The van der Waals surface area contributed by atoms with E-state index in [2.05, 4.69) is 20.8 Å². The second kappa shape index (κ2) is 5.20. The first-order valence-corrected chi connectivity index (χ1v) is 5.40. The molecule has 0 saturated heterocycles. The first-order valence-electron chi connectivity index (χ1n) is 5.40. The lowest BCUT2D eigenvalue weighted by molar-refractivity contribution is -0.120. The maximum absolute atomic E-state index is 11.2. The predicted octanol–water partition coefficient (Wildman–Crippen LogP) is 0.688. The minimum absolute atomic E-state index is 0.0207. The highest BCUT2D eigenvalue weighted by Gasteiger charge is 2.08. The number of rotatable bonds is 4. The molecule has 0 spiro atoms. The van der Waals surface area contributed by atoms with Gasteiger partial charge in [-0.15, -0.1) is 5.10 Å². The van der Waals surface area contributed by atoms with Crippen molar-refractivity contribution >= 4 is 5.91 Å². The highest BCUT2D eigenvalue weighted by molar-refractivity contribution is 5.75. The summed E-state index contributed by atoms with van der Waals surface area (Å²) in [6.07, 6.45) is 0.451. The van der Waals surface area contributed by atoms with Gasteiger partial charge >= 0.3 is 0 Å². The molecule has 17 heavy (non-hydrogen) atoms. The van der Waals surface area contributed by atoms with Crippen molar-refractivity contribution in [1.29, 1.82) is 0 Å². The number of nitrogens with zero attached hydrogens (tertiary/aromatic N) is 4. The number of nitrogens with one attached hydrogen (secondary N) is 1. The van der Waals surface area contributed by atoms with Gasteiger partial charge < -0.3 is 5.32 Å². The molecule has 1 heterocycles. The van der Waals surface area contributed by atoms with E-state index in [1.165, 1.54) is 0 Å². The zero-order valence-corrected chi connectivity index (χ0v) is 9.50. The van der Waals surface area contributed by atoms with Crippen LogP contribution < -0.4 is 5.32 Å². The first kappa shape index (κ1) is 11.3. The Balaban J connectivity index is 2.15. The molecule has 0 aliphatic carbocycles. The number of carbonyl (C=O) groups excluding carboxylic acids is 1. The average Bonchev–Trinajstić information content (AvgIpc) is 2.85. The van der Waals surface area contributed by atoms with E-state index in [4.69, 9.17) is 0 Å². The van der Waals surface area contributed by atoms with Crippen LogP contribution in [0.25, 0.3) is 5.69 Å². The van der Waals surface area contributed by atoms with Crippen LogP contribution in [0.5, 0.6) is 0 Å².